The maximum absolute atomic E-state index is 13.9. The number of aryl methyl sites for hydroxylation is 1. The lowest BCUT2D eigenvalue weighted by Gasteiger charge is -1.99. The van der Waals surface area contributed by atoms with E-state index in [0.717, 1.165) is 16.6 Å². The average Bonchev–Trinajstić information content (AvgIpc) is 2.84. The first-order chi connectivity index (χ1) is 8.59. The lowest BCUT2D eigenvalue weighted by molar-refractivity contribution is 0.436. The number of hydrogen-bond donors (Lipinski definition) is 1. The Hall–Kier alpha value is -2.30. The van der Waals surface area contributed by atoms with Crippen LogP contribution in [0.3, 0.4) is 0 Å². The molecule has 1 aromatic carbocycles. The molecule has 0 bridgehead atoms. The smallest absolute Gasteiger partial charge is 0.171 e. The van der Waals surface area contributed by atoms with E-state index in [2.05, 4.69) is 5.16 Å². The molecule has 0 aliphatic heterocycles. The normalized spacial score (nSPS) is 11.3. The van der Waals surface area contributed by atoms with Crippen molar-refractivity contribution >= 4 is 16.7 Å². The van der Waals surface area contributed by atoms with Gasteiger partial charge in [0, 0.05) is 29.8 Å². The highest BCUT2D eigenvalue weighted by Gasteiger charge is 2.19. The molecule has 0 radical (unpaired) electrons. The zero-order valence-corrected chi connectivity index (χ0v) is 10.1. The predicted molar refractivity (Wildman–Crippen MR) is 67.5 cm³/mol. The lowest BCUT2D eigenvalue weighted by Crippen LogP contribution is -1.92. The highest BCUT2D eigenvalue weighted by molar-refractivity contribution is 5.97. The third-order valence-corrected chi connectivity index (χ3v) is 3.23. The van der Waals surface area contributed by atoms with Crippen LogP contribution in [0.4, 0.5) is 10.2 Å². The molecule has 0 aliphatic rings. The molecule has 0 saturated heterocycles. The Labute approximate surface area is 103 Å². The molecule has 0 aliphatic carbocycles. The van der Waals surface area contributed by atoms with E-state index in [-0.39, 0.29) is 5.82 Å². The molecule has 2 N–H and O–H groups in total. The van der Waals surface area contributed by atoms with Crippen LogP contribution in [0.5, 0.6) is 0 Å². The van der Waals surface area contributed by atoms with E-state index in [1.165, 1.54) is 6.07 Å². The van der Waals surface area contributed by atoms with Crippen LogP contribution in [0, 0.1) is 12.7 Å². The number of anilines is 1. The van der Waals surface area contributed by atoms with Gasteiger partial charge in [0.25, 0.3) is 0 Å². The zero-order chi connectivity index (χ0) is 12.9. The number of nitrogen functional groups attached to an aromatic ring is 1. The molecular formula is C13H12FN3O. The van der Waals surface area contributed by atoms with Crippen LogP contribution in [0.2, 0.25) is 0 Å². The molecule has 0 fully saturated rings. The average molecular weight is 245 g/mol. The highest BCUT2D eigenvalue weighted by atomic mass is 19.1. The van der Waals surface area contributed by atoms with E-state index in [4.69, 9.17) is 10.3 Å². The second-order valence-corrected chi connectivity index (χ2v) is 4.27. The molecule has 92 valence electrons. The molecule has 18 heavy (non-hydrogen) atoms. The van der Waals surface area contributed by atoms with Gasteiger partial charge >= 0.3 is 0 Å². The van der Waals surface area contributed by atoms with Gasteiger partial charge in [-0.15, -0.1) is 0 Å². The SMILES string of the molecule is Cc1c(-c2cc(N)no2)c2cccc(F)c2n1C. The molecule has 3 rings (SSSR count). The van der Waals surface area contributed by atoms with E-state index < -0.39 is 0 Å². The largest absolute Gasteiger partial charge is 0.381 e. The summed E-state index contributed by atoms with van der Waals surface area (Å²) in [5, 5.41) is 4.47. The van der Waals surface area contributed by atoms with Crippen molar-refractivity contribution in [3.05, 3.63) is 35.8 Å². The van der Waals surface area contributed by atoms with Crippen LogP contribution in [-0.4, -0.2) is 9.72 Å². The van der Waals surface area contributed by atoms with E-state index in [1.807, 2.05) is 20.0 Å². The quantitative estimate of drug-likeness (QED) is 0.717. The molecule has 0 unspecified atom stereocenters. The monoisotopic (exact) mass is 245 g/mol. The third-order valence-electron chi connectivity index (χ3n) is 3.23. The number of nitrogens with two attached hydrogens (primary N) is 1. The standard InChI is InChI=1S/C13H12FN3O/c1-7-12(10-6-11(15)16-18-10)8-4-3-5-9(14)13(8)17(7)2/h3-6H,1-2H3,(H2,15,16). The summed E-state index contributed by atoms with van der Waals surface area (Å²) >= 11 is 0. The Balaban J connectivity index is 2.43. The number of rotatable bonds is 1. The Morgan fingerprint density at radius 3 is 2.83 bits per heavy atom. The summed E-state index contributed by atoms with van der Waals surface area (Å²) in [5.74, 6) is 0.621. The minimum Gasteiger partial charge on any atom is -0.381 e. The Morgan fingerprint density at radius 2 is 2.17 bits per heavy atom. The topological polar surface area (TPSA) is 57.0 Å². The van der Waals surface area contributed by atoms with Gasteiger partial charge in [-0.2, -0.15) is 0 Å². The second-order valence-electron chi connectivity index (χ2n) is 4.27. The van der Waals surface area contributed by atoms with Crippen LogP contribution in [0.25, 0.3) is 22.2 Å². The number of fused-ring (bicyclic) bond motifs is 1. The predicted octanol–water partition coefficient (Wildman–Crippen LogP) is 2.86. The maximum atomic E-state index is 13.9. The molecule has 0 spiro atoms. The van der Waals surface area contributed by atoms with Gasteiger partial charge in [-0.25, -0.2) is 4.39 Å². The van der Waals surface area contributed by atoms with Crippen LogP contribution < -0.4 is 5.73 Å². The van der Waals surface area contributed by atoms with Crippen molar-refractivity contribution in [2.45, 2.75) is 6.92 Å². The summed E-state index contributed by atoms with van der Waals surface area (Å²) in [5.41, 5.74) is 7.85. The van der Waals surface area contributed by atoms with Crippen molar-refractivity contribution in [2.24, 2.45) is 7.05 Å². The number of nitrogens with zero attached hydrogens (tertiary/aromatic N) is 2. The van der Waals surface area contributed by atoms with Crippen LogP contribution in [0.15, 0.2) is 28.8 Å². The Morgan fingerprint density at radius 1 is 1.39 bits per heavy atom. The van der Waals surface area contributed by atoms with Crippen molar-refractivity contribution in [1.29, 1.82) is 0 Å². The zero-order valence-electron chi connectivity index (χ0n) is 10.1. The van der Waals surface area contributed by atoms with Gasteiger partial charge in [0.05, 0.1) is 5.52 Å². The molecule has 2 heterocycles. The van der Waals surface area contributed by atoms with E-state index in [9.17, 15) is 4.39 Å². The van der Waals surface area contributed by atoms with Gasteiger partial charge in [-0.1, -0.05) is 17.3 Å². The minimum absolute atomic E-state index is 0.253. The number of halogens is 1. The first-order valence-electron chi connectivity index (χ1n) is 5.55. The fourth-order valence-electron chi connectivity index (χ4n) is 2.31. The third kappa shape index (κ3) is 1.33. The van der Waals surface area contributed by atoms with Crippen molar-refractivity contribution in [3.63, 3.8) is 0 Å². The summed E-state index contributed by atoms with van der Waals surface area (Å²) < 4.78 is 20.9. The van der Waals surface area contributed by atoms with Crippen molar-refractivity contribution in [1.82, 2.24) is 9.72 Å². The lowest BCUT2D eigenvalue weighted by atomic mass is 10.1. The second kappa shape index (κ2) is 3.60. The summed E-state index contributed by atoms with van der Waals surface area (Å²) in [6, 6.07) is 6.63. The summed E-state index contributed by atoms with van der Waals surface area (Å²) in [6.07, 6.45) is 0. The summed E-state index contributed by atoms with van der Waals surface area (Å²) in [7, 11) is 1.82. The van der Waals surface area contributed by atoms with Gasteiger partial charge < -0.3 is 14.8 Å². The van der Waals surface area contributed by atoms with Crippen molar-refractivity contribution in [3.8, 4) is 11.3 Å². The molecule has 0 atom stereocenters. The van der Waals surface area contributed by atoms with Gasteiger partial charge in [0.15, 0.2) is 11.6 Å². The Bertz CT molecular complexity index is 742. The molecule has 0 saturated carbocycles. The fourth-order valence-corrected chi connectivity index (χ4v) is 2.31. The molecule has 5 heteroatoms. The number of hydrogen-bond acceptors (Lipinski definition) is 3. The number of para-hydroxylation sites is 1. The van der Waals surface area contributed by atoms with Crippen LogP contribution in [-0.2, 0) is 7.05 Å². The molecule has 4 nitrogen and oxygen atoms in total. The van der Waals surface area contributed by atoms with Crippen molar-refractivity contribution < 1.29 is 8.91 Å². The summed E-state index contributed by atoms with van der Waals surface area (Å²) in [4.78, 5) is 0. The molecule has 0 amide bonds. The van der Waals surface area contributed by atoms with Gasteiger partial charge in [-0.05, 0) is 13.0 Å². The first kappa shape index (κ1) is 10.8. The maximum Gasteiger partial charge on any atom is 0.171 e. The Kier molecular flexibility index (Phi) is 2.16. The fraction of sp³-hybridized carbons (Fsp3) is 0.154. The summed E-state index contributed by atoms with van der Waals surface area (Å²) in [6.45, 7) is 1.91. The van der Waals surface area contributed by atoms with E-state index >= 15 is 0 Å². The number of benzene rings is 1. The highest BCUT2D eigenvalue weighted by Crippen LogP contribution is 2.35. The van der Waals surface area contributed by atoms with Gasteiger partial charge in [0.1, 0.15) is 5.82 Å². The molecule has 2 aromatic heterocycles. The first-order valence-corrected chi connectivity index (χ1v) is 5.55. The van der Waals surface area contributed by atoms with Crippen molar-refractivity contribution in [2.75, 3.05) is 5.73 Å². The van der Waals surface area contributed by atoms with E-state index in [0.29, 0.717) is 17.1 Å². The minimum atomic E-state index is -0.253. The van der Waals surface area contributed by atoms with Gasteiger partial charge in [0.2, 0.25) is 0 Å². The van der Waals surface area contributed by atoms with Crippen LogP contribution >= 0.6 is 0 Å². The van der Waals surface area contributed by atoms with Crippen LogP contribution in [0.1, 0.15) is 5.69 Å². The molecule has 3 aromatic rings. The number of aromatic nitrogens is 2. The molecular weight excluding hydrogens is 233 g/mol. The van der Waals surface area contributed by atoms with E-state index in [1.54, 1.807) is 16.7 Å². The van der Waals surface area contributed by atoms with Gasteiger partial charge in [-0.3, -0.25) is 0 Å².